The second-order valence-corrected chi connectivity index (χ2v) is 8.92. The summed E-state index contributed by atoms with van der Waals surface area (Å²) in [4.78, 5) is 29.2. The molecule has 150 valence electrons. The van der Waals surface area contributed by atoms with Gasteiger partial charge in [0, 0.05) is 22.7 Å². The molecule has 0 unspecified atom stereocenters. The summed E-state index contributed by atoms with van der Waals surface area (Å²) in [6.07, 6.45) is 2.43. The molecule has 5 nitrogen and oxygen atoms in total. The average molecular weight is 426 g/mol. The topological polar surface area (TPSA) is 61.4 Å². The summed E-state index contributed by atoms with van der Waals surface area (Å²) in [5.41, 5.74) is 1.26. The van der Waals surface area contributed by atoms with Crippen LogP contribution in [0.1, 0.15) is 43.8 Å². The molecule has 2 amide bonds. The Morgan fingerprint density at radius 2 is 1.66 bits per heavy atom. The second-order valence-electron chi connectivity index (χ2n) is 6.99. The van der Waals surface area contributed by atoms with Gasteiger partial charge in [-0.3, -0.25) is 14.5 Å². The number of carbonyl (C=O) groups is 2. The Balaban J connectivity index is 1.36. The fourth-order valence-electron chi connectivity index (χ4n) is 3.54. The molecule has 1 aromatic carbocycles. The average Bonchev–Trinajstić information content (AvgIpc) is 3.52. The number of thiophene rings is 2. The maximum absolute atomic E-state index is 12.6. The largest absolute Gasteiger partial charge is 0.350 e. The lowest BCUT2D eigenvalue weighted by atomic mass is 10.1. The van der Waals surface area contributed by atoms with E-state index in [4.69, 9.17) is 0 Å². The zero-order valence-electron chi connectivity index (χ0n) is 16.0. The molecule has 2 aromatic heterocycles. The highest BCUT2D eigenvalue weighted by Crippen LogP contribution is 2.28. The number of likely N-dealkylation sites (tertiary alicyclic amines) is 1. The number of benzene rings is 1. The highest BCUT2D eigenvalue weighted by molar-refractivity contribution is 7.12. The van der Waals surface area contributed by atoms with Crippen molar-refractivity contribution >= 4 is 40.2 Å². The number of hydrogen-bond acceptors (Lipinski definition) is 5. The van der Waals surface area contributed by atoms with E-state index in [1.54, 1.807) is 41.7 Å². The maximum Gasteiger partial charge on any atom is 0.265 e. The van der Waals surface area contributed by atoms with Crippen molar-refractivity contribution in [2.75, 3.05) is 25.0 Å². The quantitative estimate of drug-likeness (QED) is 0.580. The van der Waals surface area contributed by atoms with Crippen molar-refractivity contribution in [3.8, 4) is 0 Å². The molecular formula is C22H23N3O2S2. The van der Waals surface area contributed by atoms with Crippen molar-refractivity contribution in [3.05, 3.63) is 74.6 Å². The molecule has 1 atom stereocenters. The number of rotatable bonds is 7. The van der Waals surface area contributed by atoms with Gasteiger partial charge in [-0.2, -0.15) is 0 Å². The van der Waals surface area contributed by atoms with Crippen molar-refractivity contribution in [1.29, 1.82) is 0 Å². The van der Waals surface area contributed by atoms with Crippen LogP contribution in [-0.4, -0.2) is 36.3 Å². The SMILES string of the molecule is O=C(NC[C@H](c1cccs1)N1CCCC1)c1ccc(NC(=O)c2cccs2)cc1. The number of carbonyl (C=O) groups excluding carboxylic acids is 2. The molecule has 0 radical (unpaired) electrons. The third kappa shape index (κ3) is 4.93. The first-order valence-corrected chi connectivity index (χ1v) is 11.5. The minimum atomic E-state index is -0.137. The molecule has 0 saturated carbocycles. The van der Waals surface area contributed by atoms with E-state index < -0.39 is 0 Å². The highest BCUT2D eigenvalue weighted by atomic mass is 32.1. The first-order valence-electron chi connectivity index (χ1n) is 9.71. The number of hydrogen-bond donors (Lipinski definition) is 2. The molecule has 1 aliphatic rings. The van der Waals surface area contributed by atoms with Gasteiger partial charge in [-0.25, -0.2) is 0 Å². The fourth-order valence-corrected chi connectivity index (χ4v) is 5.02. The van der Waals surface area contributed by atoms with E-state index in [9.17, 15) is 9.59 Å². The molecule has 7 heteroatoms. The molecule has 4 rings (SSSR count). The first-order chi connectivity index (χ1) is 14.2. The van der Waals surface area contributed by atoms with Gasteiger partial charge < -0.3 is 10.6 Å². The predicted molar refractivity (Wildman–Crippen MR) is 119 cm³/mol. The Bertz CT molecular complexity index is 931. The Labute approximate surface area is 178 Å². The minimum Gasteiger partial charge on any atom is -0.350 e. The third-order valence-corrected chi connectivity index (χ3v) is 6.90. The number of nitrogens with one attached hydrogen (secondary N) is 2. The van der Waals surface area contributed by atoms with Crippen molar-refractivity contribution < 1.29 is 9.59 Å². The van der Waals surface area contributed by atoms with Gasteiger partial charge in [-0.1, -0.05) is 12.1 Å². The molecule has 1 saturated heterocycles. The number of amides is 2. The van der Waals surface area contributed by atoms with Gasteiger partial charge in [0.25, 0.3) is 11.8 Å². The standard InChI is InChI=1S/C22H23N3O2S2/c26-21(23-15-18(19-5-3-13-28-19)25-11-1-2-12-25)16-7-9-17(10-8-16)24-22(27)20-6-4-14-29-20/h3-10,13-14,18H,1-2,11-12,15H2,(H,23,26)(H,24,27)/t18-/m1/s1. The number of nitrogens with zero attached hydrogens (tertiary/aromatic N) is 1. The van der Waals surface area contributed by atoms with Gasteiger partial charge in [-0.15, -0.1) is 22.7 Å². The van der Waals surface area contributed by atoms with Crippen LogP contribution >= 0.6 is 22.7 Å². The van der Waals surface area contributed by atoms with Crippen molar-refractivity contribution in [1.82, 2.24) is 10.2 Å². The van der Waals surface area contributed by atoms with Gasteiger partial charge >= 0.3 is 0 Å². The van der Waals surface area contributed by atoms with Gasteiger partial charge in [0.1, 0.15) is 0 Å². The summed E-state index contributed by atoms with van der Waals surface area (Å²) in [6.45, 7) is 2.75. The van der Waals surface area contributed by atoms with E-state index in [1.165, 1.54) is 29.1 Å². The maximum atomic E-state index is 12.6. The second kappa shape index (κ2) is 9.35. The molecule has 0 aliphatic carbocycles. The Hall–Kier alpha value is -2.48. The minimum absolute atomic E-state index is 0.0955. The van der Waals surface area contributed by atoms with Crippen LogP contribution in [0.25, 0.3) is 0 Å². The molecule has 1 fully saturated rings. The summed E-state index contributed by atoms with van der Waals surface area (Å²) in [6, 6.07) is 15.1. The summed E-state index contributed by atoms with van der Waals surface area (Å²) in [5, 5.41) is 9.89. The Kier molecular flexibility index (Phi) is 6.39. The Morgan fingerprint density at radius 3 is 2.31 bits per heavy atom. The van der Waals surface area contributed by atoms with Crippen molar-refractivity contribution in [2.24, 2.45) is 0 Å². The van der Waals surface area contributed by atoms with Crippen LogP contribution in [0.3, 0.4) is 0 Å². The monoisotopic (exact) mass is 425 g/mol. The molecule has 0 spiro atoms. The van der Waals surface area contributed by atoms with Gasteiger partial charge in [-0.05, 0) is 73.1 Å². The lowest BCUT2D eigenvalue weighted by Crippen LogP contribution is -2.36. The lowest BCUT2D eigenvalue weighted by molar-refractivity contribution is 0.0938. The van der Waals surface area contributed by atoms with E-state index >= 15 is 0 Å². The van der Waals surface area contributed by atoms with E-state index in [-0.39, 0.29) is 17.9 Å². The van der Waals surface area contributed by atoms with Crippen LogP contribution in [0, 0.1) is 0 Å². The first kappa shape index (κ1) is 19.8. The molecule has 0 bridgehead atoms. The predicted octanol–water partition coefficient (Wildman–Crippen LogP) is 4.63. The van der Waals surface area contributed by atoms with Crippen LogP contribution in [0.15, 0.2) is 59.3 Å². The van der Waals surface area contributed by atoms with Gasteiger partial charge in [0.05, 0.1) is 10.9 Å². The zero-order chi connectivity index (χ0) is 20.1. The van der Waals surface area contributed by atoms with E-state index in [1.807, 2.05) is 11.4 Å². The molecular weight excluding hydrogens is 402 g/mol. The Morgan fingerprint density at radius 1 is 0.931 bits per heavy atom. The van der Waals surface area contributed by atoms with Crippen molar-refractivity contribution in [3.63, 3.8) is 0 Å². The zero-order valence-corrected chi connectivity index (χ0v) is 17.6. The normalized spacial score (nSPS) is 15.2. The highest BCUT2D eigenvalue weighted by Gasteiger charge is 2.24. The molecule has 3 aromatic rings. The van der Waals surface area contributed by atoms with Crippen LogP contribution in [-0.2, 0) is 0 Å². The van der Waals surface area contributed by atoms with Crippen molar-refractivity contribution in [2.45, 2.75) is 18.9 Å². The van der Waals surface area contributed by atoms with Gasteiger partial charge in [0.15, 0.2) is 0 Å². The van der Waals surface area contributed by atoms with Gasteiger partial charge in [0.2, 0.25) is 0 Å². The molecule has 29 heavy (non-hydrogen) atoms. The third-order valence-electron chi connectivity index (χ3n) is 5.06. The summed E-state index contributed by atoms with van der Waals surface area (Å²) >= 11 is 3.14. The van der Waals surface area contributed by atoms with E-state index in [2.05, 4.69) is 33.0 Å². The summed E-state index contributed by atoms with van der Waals surface area (Å²) in [5.74, 6) is -0.233. The van der Waals surface area contributed by atoms with Crippen LogP contribution < -0.4 is 10.6 Å². The molecule has 3 heterocycles. The summed E-state index contributed by atoms with van der Waals surface area (Å²) in [7, 11) is 0. The number of anilines is 1. The summed E-state index contributed by atoms with van der Waals surface area (Å²) < 4.78 is 0. The van der Waals surface area contributed by atoms with E-state index in [0.29, 0.717) is 22.7 Å². The van der Waals surface area contributed by atoms with Crippen LogP contribution in [0.5, 0.6) is 0 Å². The lowest BCUT2D eigenvalue weighted by Gasteiger charge is -2.27. The smallest absolute Gasteiger partial charge is 0.265 e. The molecule has 2 N–H and O–H groups in total. The molecule has 1 aliphatic heterocycles. The fraction of sp³-hybridized carbons (Fsp3) is 0.273. The van der Waals surface area contributed by atoms with E-state index in [0.717, 1.165) is 13.1 Å². The van der Waals surface area contributed by atoms with Crippen LogP contribution in [0.4, 0.5) is 5.69 Å². The van der Waals surface area contributed by atoms with Crippen LogP contribution in [0.2, 0.25) is 0 Å².